The third-order valence-corrected chi connectivity index (χ3v) is 2.85. The Hall–Kier alpha value is -1.12. The van der Waals surface area contributed by atoms with Crippen LogP contribution in [-0.4, -0.2) is 18.1 Å². The van der Waals surface area contributed by atoms with Crippen LogP contribution in [0.25, 0.3) is 0 Å². The van der Waals surface area contributed by atoms with Gasteiger partial charge in [-0.05, 0) is 24.3 Å². The zero-order valence-corrected chi connectivity index (χ0v) is 9.28. The fraction of sp³-hybridized carbons (Fsp3) is 0.583. The minimum Gasteiger partial charge on any atom is -0.368 e. The van der Waals surface area contributed by atoms with Gasteiger partial charge in [-0.1, -0.05) is 13.8 Å². The van der Waals surface area contributed by atoms with Crippen LogP contribution < -0.4 is 4.90 Å². The Balaban J connectivity index is 1.92. The minimum absolute atomic E-state index is 0.208. The van der Waals surface area contributed by atoms with Crippen molar-refractivity contribution in [2.75, 3.05) is 18.0 Å². The molecule has 0 aliphatic carbocycles. The van der Waals surface area contributed by atoms with Gasteiger partial charge in [-0.3, -0.25) is 4.98 Å². The summed E-state index contributed by atoms with van der Waals surface area (Å²) in [7, 11) is 0. The summed E-state index contributed by atoms with van der Waals surface area (Å²) >= 11 is 0. The van der Waals surface area contributed by atoms with Gasteiger partial charge in [-0.25, -0.2) is 4.39 Å². The topological polar surface area (TPSA) is 16.1 Å². The molecule has 1 fully saturated rings. The molecular formula is C12H17FN2. The molecule has 1 aromatic rings. The highest BCUT2D eigenvalue weighted by Gasteiger charge is 2.28. The van der Waals surface area contributed by atoms with Crippen molar-refractivity contribution in [3.63, 3.8) is 0 Å². The van der Waals surface area contributed by atoms with Crippen molar-refractivity contribution in [2.45, 2.75) is 20.3 Å². The summed E-state index contributed by atoms with van der Waals surface area (Å²) in [6, 6.07) is 1.75. The lowest BCUT2D eigenvalue weighted by Crippen LogP contribution is -2.47. The average molecular weight is 208 g/mol. The van der Waals surface area contributed by atoms with E-state index in [0.717, 1.165) is 24.9 Å². The summed E-state index contributed by atoms with van der Waals surface area (Å²) in [6.45, 7) is 6.43. The molecule has 0 saturated carbocycles. The Labute approximate surface area is 90.1 Å². The Morgan fingerprint density at radius 2 is 2.27 bits per heavy atom. The maximum atomic E-state index is 13.3. The predicted molar refractivity (Wildman–Crippen MR) is 59.4 cm³/mol. The minimum atomic E-state index is -0.208. The van der Waals surface area contributed by atoms with Gasteiger partial charge in [0.15, 0.2) is 5.82 Å². The summed E-state index contributed by atoms with van der Waals surface area (Å²) in [4.78, 5) is 5.84. The second-order valence-corrected chi connectivity index (χ2v) is 4.73. The molecule has 1 aliphatic rings. The van der Waals surface area contributed by atoms with E-state index in [9.17, 15) is 4.39 Å². The number of nitrogens with zero attached hydrogens (tertiary/aromatic N) is 2. The molecule has 0 spiro atoms. The molecule has 2 nitrogen and oxygen atoms in total. The highest BCUT2D eigenvalue weighted by molar-refractivity contribution is 5.48. The van der Waals surface area contributed by atoms with Gasteiger partial charge in [0.25, 0.3) is 0 Å². The van der Waals surface area contributed by atoms with Crippen LogP contribution in [0.4, 0.5) is 10.1 Å². The summed E-state index contributed by atoms with van der Waals surface area (Å²) < 4.78 is 13.3. The summed E-state index contributed by atoms with van der Waals surface area (Å²) in [6.07, 6.45) is 4.17. The van der Waals surface area contributed by atoms with Crippen molar-refractivity contribution in [1.82, 2.24) is 4.98 Å². The fourth-order valence-corrected chi connectivity index (χ4v) is 2.21. The van der Waals surface area contributed by atoms with Crippen molar-refractivity contribution in [3.8, 4) is 0 Å². The van der Waals surface area contributed by atoms with E-state index >= 15 is 0 Å². The van der Waals surface area contributed by atoms with Crippen LogP contribution >= 0.6 is 0 Å². The van der Waals surface area contributed by atoms with Crippen molar-refractivity contribution >= 4 is 5.69 Å². The van der Waals surface area contributed by atoms with Crippen LogP contribution in [-0.2, 0) is 0 Å². The van der Waals surface area contributed by atoms with Gasteiger partial charge in [0.05, 0.1) is 11.9 Å². The molecule has 0 unspecified atom stereocenters. The van der Waals surface area contributed by atoms with Gasteiger partial charge in [0.2, 0.25) is 0 Å². The second kappa shape index (κ2) is 4.17. The van der Waals surface area contributed by atoms with Gasteiger partial charge in [0.1, 0.15) is 0 Å². The van der Waals surface area contributed by atoms with Crippen LogP contribution in [0.1, 0.15) is 20.3 Å². The zero-order valence-electron chi connectivity index (χ0n) is 9.28. The first-order valence-electron chi connectivity index (χ1n) is 5.51. The van der Waals surface area contributed by atoms with Crippen LogP contribution in [0.15, 0.2) is 18.5 Å². The van der Waals surface area contributed by atoms with E-state index in [-0.39, 0.29) is 5.82 Å². The van der Waals surface area contributed by atoms with E-state index in [2.05, 4.69) is 23.7 Å². The van der Waals surface area contributed by atoms with Gasteiger partial charge in [-0.2, -0.15) is 0 Å². The molecule has 0 aromatic carbocycles. The monoisotopic (exact) mass is 208 g/mol. The summed E-state index contributed by atoms with van der Waals surface area (Å²) in [5.41, 5.74) is 0.699. The first kappa shape index (κ1) is 10.4. The smallest absolute Gasteiger partial charge is 0.164 e. The number of halogens is 1. The first-order chi connectivity index (χ1) is 7.16. The molecule has 1 aliphatic heterocycles. The number of hydrogen-bond donors (Lipinski definition) is 0. The Bertz CT molecular complexity index is 332. The number of rotatable bonds is 3. The predicted octanol–water partition coefficient (Wildman–Crippen LogP) is 2.70. The number of hydrogen-bond acceptors (Lipinski definition) is 2. The highest BCUT2D eigenvalue weighted by Crippen LogP contribution is 2.29. The van der Waals surface area contributed by atoms with Crippen molar-refractivity contribution < 1.29 is 4.39 Å². The van der Waals surface area contributed by atoms with Crippen LogP contribution in [0.2, 0.25) is 0 Å². The molecule has 1 saturated heterocycles. The SMILES string of the molecule is CC(C)CC1CN(c2ccncc2F)C1. The maximum absolute atomic E-state index is 13.3. The molecule has 0 amide bonds. The van der Waals surface area contributed by atoms with Crippen molar-refractivity contribution in [3.05, 3.63) is 24.3 Å². The average Bonchev–Trinajstić information content (AvgIpc) is 2.12. The third-order valence-electron chi connectivity index (χ3n) is 2.85. The molecule has 2 heterocycles. The quantitative estimate of drug-likeness (QED) is 0.759. The maximum Gasteiger partial charge on any atom is 0.164 e. The van der Waals surface area contributed by atoms with Crippen molar-refractivity contribution in [2.24, 2.45) is 11.8 Å². The number of pyridine rings is 1. The van der Waals surface area contributed by atoms with Crippen LogP contribution in [0, 0.1) is 17.7 Å². The van der Waals surface area contributed by atoms with E-state index in [0.29, 0.717) is 5.69 Å². The van der Waals surface area contributed by atoms with E-state index in [1.165, 1.54) is 12.6 Å². The zero-order chi connectivity index (χ0) is 10.8. The van der Waals surface area contributed by atoms with E-state index in [4.69, 9.17) is 0 Å². The van der Waals surface area contributed by atoms with Gasteiger partial charge in [-0.15, -0.1) is 0 Å². The first-order valence-corrected chi connectivity index (χ1v) is 5.51. The molecule has 0 N–H and O–H groups in total. The number of aromatic nitrogens is 1. The van der Waals surface area contributed by atoms with Crippen molar-refractivity contribution in [1.29, 1.82) is 0 Å². The second-order valence-electron chi connectivity index (χ2n) is 4.73. The summed E-state index contributed by atoms with van der Waals surface area (Å²) in [5, 5.41) is 0. The van der Waals surface area contributed by atoms with E-state index in [1.54, 1.807) is 12.3 Å². The Kier molecular flexibility index (Phi) is 2.89. The molecule has 2 rings (SSSR count). The third kappa shape index (κ3) is 2.28. The lowest BCUT2D eigenvalue weighted by molar-refractivity contribution is 0.335. The summed E-state index contributed by atoms with van der Waals surface area (Å²) in [5.74, 6) is 1.26. The fourth-order valence-electron chi connectivity index (χ4n) is 2.21. The molecule has 0 bridgehead atoms. The molecule has 0 radical (unpaired) electrons. The molecular weight excluding hydrogens is 191 g/mol. The normalized spacial score (nSPS) is 16.9. The number of anilines is 1. The molecule has 15 heavy (non-hydrogen) atoms. The molecule has 3 heteroatoms. The highest BCUT2D eigenvalue weighted by atomic mass is 19.1. The van der Waals surface area contributed by atoms with Crippen LogP contribution in [0.3, 0.4) is 0 Å². The Morgan fingerprint density at radius 1 is 1.53 bits per heavy atom. The molecule has 0 atom stereocenters. The lowest BCUT2D eigenvalue weighted by Gasteiger charge is -2.41. The lowest BCUT2D eigenvalue weighted by atomic mass is 9.90. The molecule has 1 aromatic heterocycles. The molecule has 82 valence electrons. The van der Waals surface area contributed by atoms with Crippen LogP contribution in [0.5, 0.6) is 0 Å². The standard InChI is InChI=1S/C12H17FN2/c1-9(2)5-10-7-15(8-10)12-3-4-14-6-11(12)13/h3-4,6,9-10H,5,7-8H2,1-2H3. The van der Waals surface area contributed by atoms with Gasteiger partial charge in [0, 0.05) is 19.3 Å². The Morgan fingerprint density at radius 3 is 2.87 bits per heavy atom. The van der Waals surface area contributed by atoms with E-state index in [1.807, 2.05) is 0 Å². The van der Waals surface area contributed by atoms with Gasteiger partial charge < -0.3 is 4.90 Å². The van der Waals surface area contributed by atoms with Gasteiger partial charge >= 0.3 is 0 Å². The van der Waals surface area contributed by atoms with E-state index < -0.39 is 0 Å². The largest absolute Gasteiger partial charge is 0.368 e.